The Bertz CT molecular complexity index is 1540. The molecule has 8 nitrogen and oxygen atoms in total. The van der Waals surface area contributed by atoms with Crippen LogP contribution in [0.2, 0.25) is 0 Å². The quantitative estimate of drug-likeness (QED) is 0.429. The van der Waals surface area contributed by atoms with Gasteiger partial charge in [-0.1, -0.05) is 6.07 Å². The summed E-state index contributed by atoms with van der Waals surface area (Å²) in [4.78, 5) is 23.6. The maximum atomic E-state index is 13.4. The predicted octanol–water partition coefficient (Wildman–Crippen LogP) is 4.43. The van der Waals surface area contributed by atoms with E-state index in [1.54, 1.807) is 12.1 Å². The van der Waals surface area contributed by atoms with Crippen LogP contribution in [0.3, 0.4) is 0 Å². The van der Waals surface area contributed by atoms with Crippen molar-refractivity contribution in [2.75, 3.05) is 11.9 Å². The summed E-state index contributed by atoms with van der Waals surface area (Å²) < 4.78 is 30.0. The first-order valence-electron chi connectivity index (χ1n) is 10.8. The summed E-state index contributed by atoms with van der Waals surface area (Å²) in [5.41, 5.74) is 3.07. The van der Waals surface area contributed by atoms with Gasteiger partial charge in [0.05, 0.1) is 10.6 Å². The van der Waals surface area contributed by atoms with Gasteiger partial charge in [0.15, 0.2) is 0 Å². The molecule has 3 aromatic heterocycles. The van der Waals surface area contributed by atoms with Crippen molar-refractivity contribution in [3.8, 4) is 5.69 Å². The SMILES string of the molecule is Cc1cc(C)c2c(-n3cccc3)c(C(=O)Nc3cccc(S(=O)(=O)NC4=NCCC4)c3)sc2n1. The molecule has 0 aliphatic carbocycles. The summed E-state index contributed by atoms with van der Waals surface area (Å²) in [5, 5.41) is 3.80. The summed E-state index contributed by atoms with van der Waals surface area (Å²) in [6.07, 6.45) is 5.22. The van der Waals surface area contributed by atoms with E-state index >= 15 is 0 Å². The second-order valence-corrected chi connectivity index (χ2v) is 10.8. The van der Waals surface area contributed by atoms with Crippen molar-refractivity contribution in [2.24, 2.45) is 4.99 Å². The van der Waals surface area contributed by atoms with Crippen LogP contribution in [0, 0.1) is 13.8 Å². The molecule has 5 rings (SSSR count). The molecule has 34 heavy (non-hydrogen) atoms. The van der Waals surface area contributed by atoms with Crippen LogP contribution in [0.15, 0.2) is 64.7 Å². The van der Waals surface area contributed by atoms with Gasteiger partial charge in [0.2, 0.25) is 0 Å². The molecule has 0 atom stereocenters. The zero-order valence-corrected chi connectivity index (χ0v) is 20.3. The van der Waals surface area contributed by atoms with Crippen molar-refractivity contribution in [3.63, 3.8) is 0 Å². The van der Waals surface area contributed by atoms with Crippen molar-refractivity contribution < 1.29 is 13.2 Å². The highest BCUT2D eigenvalue weighted by Crippen LogP contribution is 2.36. The second kappa shape index (κ2) is 8.69. The molecule has 0 saturated carbocycles. The van der Waals surface area contributed by atoms with E-state index < -0.39 is 10.0 Å². The number of anilines is 1. The Balaban J connectivity index is 1.50. The molecule has 2 N–H and O–H groups in total. The van der Waals surface area contributed by atoms with Crippen LogP contribution < -0.4 is 10.0 Å². The highest BCUT2D eigenvalue weighted by molar-refractivity contribution is 7.90. The molecule has 0 spiro atoms. The Morgan fingerprint density at radius 1 is 1.12 bits per heavy atom. The number of hydrogen-bond acceptors (Lipinski definition) is 6. The number of aliphatic imine (C=N–C) groups is 1. The van der Waals surface area contributed by atoms with E-state index in [9.17, 15) is 13.2 Å². The summed E-state index contributed by atoms with van der Waals surface area (Å²) in [5.74, 6) is 0.140. The maximum absolute atomic E-state index is 13.4. The monoisotopic (exact) mass is 493 g/mol. The molecule has 0 bridgehead atoms. The van der Waals surface area contributed by atoms with Crippen LogP contribution in [-0.2, 0) is 10.0 Å². The van der Waals surface area contributed by atoms with Crippen LogP contribution in [0.1, 0.15) is 33.8 Å². The van der Waals surface area contributed by atoms with Crippen LogP contribution in [0.25, 0.3) is 15.9 Å². The lowest BCUT2D eigenvalue weighted by Crippen LogP contribution is -2.29. The van der Waals surface area contributed by atoms with Crippen molar-refractivity contribution in [3.05, 3.63) is 71.0 Å². The van der Waals surface area contributed by atoms with E-state index in [0.717, 1.165) is 33.6 Å². The van der Waals surface area contributed by atoms with Crippen molar-refractivity contribution in [1.29, 1.82) is 0 Å². The number of nitrogens with zero attached hydrogens (tertiary/aromatic N) is 3. The third kappa shape index (κ3) is 4.22. The van der Waals surface area contributed by atoms with Crippen LogP contribution >= 0.6 is 11.3 Å². The van der Waals surface area contributed by atoms with Crippen LogP contribution in [-0.4, -0.2) is 36.3 Å². The molecule has 1 amide bonds. The largest absolute Gasteiger partial charge is 0.322 e. The molecule has 174 valence electrons. The molecule has 0 fully saturated rings. The number of rotatable bonds is 5. The number of amides is 1. The number of nitrogens with one attached hydrogen (secondary N) is 2. The summed E-state index contributed by atoms with van der Waals surface area (Å²) in [7, 11) is -3.78. The Hall–Kier alpha value is -3.50. The molecule has 0 saturated heterocycles. The van der Waals surface area contributed by atoms with Crippen LogP contribution in [0.4, 0.5) is 5.69 Å². The molecule has 1 aromatic carbocycles. The molecule has 10 heteroatoms. The highest BCUT2D eigenvalue weighted by atomic mass is 32.2. The van der Waals surface area contributed by atoms with Gasteiger partial charge in [-0.05, 0) is 62.2 Å². The number of aromatic nitrogens is 2. The molecule has 4 aromatic rings. The van der Waals surface area contributed by atoms with Gasteiger partial charge in [0.1, 0.15) is 15.5 Å². The highest BCUT2D eigenvalue weighted by Gasteiger charge is 2.23. The summed E-state index contributed by atoms with van der Waals surface area (Å²) in [6, 6.07) is 12.0. The zero-order valence-electron chi connectivity index (χ0n) is 18.7. The number of benzene rings is 1. The van der Waals surface area contributed by atoms with E-state index in [0.29, 0.717) is 29.4 Å². The minimum absolute atomic E-state index is 0.0648. The lowest BCUT2D eigenvalue weighted by molar-refractivity contribution is 0.103. The number of carbonyl (C=O) groups excluding carboxylic acids is 1. The first kappa shape index (κ1) is 22.3. The first-order valence-corrected chi connectivity index (χ1v) is 13.1. The Kier molecular flexibility index (Phi) is 5.70. The number of thiophene rings is 1. The fraction of sp³-hybridized carbons (Fsp3) is 0.208. The van der Waals surface area contributed by atoms with Crippen molar-refractivity contribution in [1.82, 2.24) is 14.3 Å². The third-order valence-electron chi connectivity index (χ3n) is 5.56. The molecular formula is C24H23N5O3S2. The molecule has 4 heterocycles. The number of hydrogen-bond donors (Lipinski definition) is 2. The number of pyridine rings is 1. The molecular weight excluding hydrogens is 470 g/mol. The lowest BCUT2D eigenvalue weighted by atomic mass is 10.1. The maximum Gasteiger partial charge on any atom is 0.267 e. The average molecular weight is 494 g/mol. The smallest absolute Gasteiger partial charge is 0.267 e. The molecule has 1 aliphatic rings. The minimum Gasteiger partial charge on any atom is -0.322 e. The van der Waals surface area contributed by atoms with E-state index in [2.05, 4.69) is 20.0 Å². The van der Waals surface area contributed by atoms with Gasteiger partial charge >= 0.3 is 0 Å². The number of carbonyl (C=O) groups is 1. The topological polar surface area (TPSA) is 105 Å². The number of fused-ring (bicyclic) bond motifs is 1. The number of amidine groups is 1. The normalized spacial score (nSPS) is 13.8. The summed E-state index contributed by atoms with van der Waals surface area (Å²) in [6.45, 7) is 4.56. The van der Waals surface area contributed by atoms with E-state index in [1.807, 2.05) is 49.0 Å². The lowest BCUT2D eigenvalue weighted by Gasteiger charge is -2.11. The van der Waals surface area contributed by atoms with Gasteiger partial charge in [-0.15, -0.1) is 11.3 Å². The number of aryl methyl sites for hydroxylation is 2. The summed E-state index contributed by atoms with van der Waals surface area (Å²) >= 11 is 1.32. The van der Waals surface area contributed by atoms with E-state index in [-0.39, 0.29) is 10.8 Å². The molecule has 0 unspecified atom stereocenters. The molecule has 0 radical (unpaired) electrons. The number of sulfonamides is 1. The zero-order chi connectivity index (χ0) is 23.9. The van der Waals surface area contributed by atoms with E-state index in [1.165, 1.54) is 23.5 Å². The Morgan fingerprint density at radius 2 is 1.91 bits per heavy atom. The fourth-order valence-corrected chi connectivity index (χ4v) is 6.40. The average Bonchev–Trinajstić information content (AvgIpc) is 3.54. The van der Waals surface area contributed by atoms with Gasteiger partial charge in [0, 0.05) is 42.1 Å². The van der Waals surface area contributed by atoms with Gasteiger partial charge in [-0.3, -0.25) is 14.5 Å². The standard InChI is InChI=1S/C24H23N5O3S2/c1-15-13-16(2)26-24-20(15)21(29-11-3-4-12-29)22(33-24)23(30)27-17-7-5-8-18(14-17)34(31,32)28-19-9-6-10-25-19/h3-5,7-8,11-14H,6,9-10H2,1-2H3,(H,25,28)(H,27,30). The van der Waals surface area contributed by atoms with Crippen LogP contribution in [0.5, 0.6) is 0 Å². The fourth-order valence-electron chi connectivity index (χ4n) is 4.07. The second-order valence-electron chi connectivity index (χ2n) is 8.15. The molecule has 1 aliphatic heterocycles. The van der Waals surface area contributed by atoms with Crippen molar-refractivity contribution >= 4 is 49.0 Å². The predicted molar refractivity (Wildman–Crippen MR) is 135 cm³/mol. The Morgan fingerprint density at radius 3 is 2.65 bits per heavy atom. The Labute approximate surface area is 201 Å². The van der Waals surface area contributed by atoms with Crippen molar-refractivity contribution in [2.45, 2.75) is 31.6 Å². The van der Waals surface area contributed by atoms with Gasteiger partial charge in [0.25, 0.3) is 15.9 Å². The minimum atomic E-state index is -3.78. The van der Waals surface area contributed by atoms with Gasteiger partial charge in [-0.25, -0.2) is 13.4 Å². The first-order chi connectivity index (χ1) is 16.3. The third-order valence-corrected chi connectivity index (χ3v) is 8.01. The van der Waals surface area contributed by atoms with Gasteiger partial charge in [-0.2, -0.15) is 0 Å². The van der Waals surface area contributed by atoms with Gasteiger partial charge < -0.3 is 9.88 Å². The van der Waals surface area contributed by atoms with E-state index in [4.69, 9.17) is 0 Å².